The lowest BCUT2D eigenvalue weighted by molar-refractivity contribution is 0.565. The van der Waals surface area contributed by atoms with Gasteiger partial charge in [0.05, 0.1) is 17.1 Å². The Morgan fingerprint density at radius 3 is 2.19 bits per heavy atom. The van der Waals surface area contributed by atoms with Crippen LogP contribution in [0.4, 0.5) is 5.69 Å². The highest BCUT2D eigenvalue weighted by Gasteiger charge is 2.26. The van der Waals surface area contributed by atoms with Crippen molar-refractivity contribution in [3.63, 3.8) is 0 Å². The first-order chi connectivity index (χ1) is 11.9. The summed E-state index contributed by atoms with van der Waals surface area (Å²) in [6.45, 7) is 15.7. The molecule has 0 N–H and O–H groups in total. The lowest BCUT2D eigenvalue weighted by atomic mass is 9.78. The smallest absolute Gasteiger partial charge is 0.0891 e. The molecular weight excluding hydrogens is 342 g/mol. The molecule has 0 atom stereocenters. The summed E-state index contributed by atoms with van der Waals surface area (Å²) in [5.74, 6) is 0. The molecule has 4 heteroatoms. The predicted molar refractivity (Wildman–Crippen MR) is 114 cm³/mol. The number of anilines is 1. The van der Waals surface area contributed by atoms with Gasteiger partial charge >= 0.3 is 0 Å². The maximum atomic E-state index is 6.20. The third-order valence-electron chi connectivity index (χ3n) is 4.82. The number of allylic oxidation sites excluding steroid dienone is 4. The summed E-state index contributed by atoms with van der Waals surface area (Å²) in [6.07, 6.45) is 6.49. The number of rotatable bonds is 1. The van der Waals surface area contributed by atoms with Crippen LogP contribution in [0, 0.1) is 6.92 Å². The fourth-order valence-electron chi connectivity index (χ4n) is 3.30. The number of halogens is 1. The van der Waals surface area contributed by atoms with E-state index in [2.05, 4.69) is 60.6 Å². The molecule has 3 rings (SSSR count). The Kier molecular flexibility index (Phi) is 4.64. The monoisotopic (exact) mass is 369 g/mol. The van der Waals surface area contributed by atoms with Gasteiger partial charge in [-0.15, -0.1) is 0 Å². The first-order valence-corrected chi connectivity index (χ1v) is 9.49. The van der Waals surface area contributed by atoms with E-state index in [4.69, 9.17) is 21.8 Å². The average Bonchev–Trinajstić information content (AvgIpc) is 2.62. The van der Waals surface area contributed by atoms with Gasteiger partial charge in [0.15, 0.2) is 0 Å². The standard InChI is InChI=1S/C22H28ClN3/c1-14-19(22(5,6)7)10-15(21(2,3)4)11-20(14)26-24-17-9-8-16(23)12-18(13-17)25-26/h8-12H,13H2,1-7H3. The lowest BCUT2D eigenvalue weighted by Gasteiger charge is -2.31. The van der Waals surface area contributed by atoms with Gasteiger partial charge in [0, 0.05) is 11.5 Å². The zero-order valence-electron chi connectivity index (χ0n) is 16.8. The molecule has 1 aliphatic heterocycles. The van der Waals surface area contributed by atoms with Gasteiger partial charge in [0.2, 0.25) is 0 Å². The summed E-state index contributed by atoms with van der Waals surface area (Å²) in [5, 5.41) is 12.0. The molecule has 1 heterocycles. The van der Waals surface area contributed by atoms with Gasteiger partial charge in [-0.05, 0) is 58.7 Å². The molecule has 2 bridgehead atoms. The van der Waals surface area contributed by atoms with Crippen molar-refractivity contribution in [2.75, 3.05) is 5.12 Å². The molecule has 0 unspecified atom stereocenters. The van der Waals surface area contributed by atoms with Crippen molar-refractivity contribution in [2.45, 2.75) is 65.7 Å². The van der Waals surface area contributed by atoms with Crippen LogP contribution in [0.15, 0.2) is 45.6 Å². The Bertz CT molecular complexity index is 859. The fourth-order valence-corrected chi connectivity index (χ4v) is 3.49. The van der Waals surface area contributed by atoms with Gasteiger partial charge in [-0.25, -0.2) is 0 Å². The Morgan fingerprint density at radius 1 is 0.923 bits per heavy atom. The van der Waals surface area contributed by atoms with Gasteiger partial charge in [-0.3, -0.25) is 0 Å². The van der Waals surface area contributed by atoms with E-state index in [0.717, 1.165) is 17.1 Å². The van der Waals surface area contributed by atoms with Crippen LogP contribution in [-0.2, 0) is 10.8 Å². The number of nitrogens with zero attached hydrogens (tertiary/aromatic N) is 3. The summed E-state index contributed by atoms with van der Waals surface area (Å²) < 4.78 is 0. The van der Waals surface area contributed by atoms with E-state index in [-0.39, 0.29) is 10.8 Å². The second kappa shape index (κ2) is 6.38. The van der Waals surface area contributed by atoms with Crippen LogP contribution in [0.1, 0.15) is 64.7 Å². The molecule has 0 amide bonds. The second-order valence-electron chi connectivity index (χ2n) is 9.18. The van der Waals surface area contributed by atoms with E-state index in [0.29, 0.717) is 11.5 Å². The summed E-state index contributed by atoms with van der Waals surface area (Å²) in [5.41, 5.74) is 6.89. The van der Waals surface area contributed by atoms with Gasteiger partial charge in [-0.2, -0.15) is 15.3 Å². The SMILES string of the molecule is Cc1c(N2N=C3C=CC(Cl)=CC(=N2)C3)cc(C(C)(C)C)cc1C(C)(C)C. The first kappa shape index (κ1) is 18.9. The molecule has 1 aromatic rings. The van der Waals surface area contributed by atoms with Crippen molar-refractivity contribution in [1.29, 1.82) is 0 Å². The van der Waals surface area contributed by atoms with Crippen molar-refractivity contribution in [2.24, 2.45) is 10.2 Å². The first-order valence-electron chi connectivity index (χ1n) is 9.11. The topological polar surface area (TPSA) is 28.0 Å². The van der Waals surface area contributed by atoms with Crippen LogP contribution in [0.25, 0.3) is 0 Å². The number of hydrogen-bond donors (Lipinski definition) is 0. The van der Waals surface area contributed by atoms with Crippen LogP contribution in [0.2, 0.25) is 0 Å². The summed E-state index contributed by atoms with van der Waals surface area (Å²) in [4.78, 5) is 0. The number of hydrogen-bond acceptors (Lipinski definition) is 3. The zero-order chi connectivity index (χ0) is 19.3. The number of fused-ring (bicyclic) bond motifs is 2. The van der Waals surface area contributed by atoms with Crippen LogP contribution in [0.3, 0.4) is 0 Å². The molecule has 138 valence electrons. The molecule has 1 aromatic carbocycles. The van der Waals surface area contributed by atoms with Crippen LogP contribution < -0.4 is 5.12 Å². The van der Waals surface area contributed by atoms with Gasteiger partial charge in [0.25, 0.3) is 0 Å². The average molecular weight is 370 g/mol. The predicted octanol–water partition coefficient (Wildman–Crippen LogP) is 6.20. The van der Waals surface area contributed by atoms with Gasteiger partial charge < -0.3 is 0 Å². The quantitative estimate of drug-likeness (QED) is 0.578. The highest BCUT2D eigenvalue weighted by molar-refractivity contribution is 6.34. The van der Waals surface area contributed by atoms with Crippen molar-refractivity contribution in [3.8, 4) is 0 Å². The van der Waals surface area contributed by atoms with E-state index in [9.17, 15) is 0 Å². The van der Waals surface area contributed by atoms with Crippen molar-refractivity contribution >= 4 is 28.7 Å². The minimum absolute atomic E-state index is 0.0477. The Balaban J connectivity index is 2.21. The third kappa shape index (κ3) is 3.78. The minimum atomic E-state index is 0.0477. The summed E-state index contributed by atoms with van der Waals surface area (Å²) >= 11 is 6.20. The van der Waals surface area contributed by atoms with Crippen LogP contribution >= 0.6 is 11.6 Å². The Morgan fingerprint density at radius 2 is 1.58 bits per heavy atom. The van der Waals surface area contributed by atoms with E-state index in [1.807, 2.05) is 18.2 Å². The third-order valence-corrected chi connectivity index (χ3v) is 5.05. The van der Waals surface area contributed by atoms with Gasteiger partial charge in [0.1, 0.15) is 0 Å². The number of hydrazone groups is 2. The molecule has 0 aromatic heterocycles. The molecule has 0 saturated heterocycles. The zero-order valence-corrected chi connectivity index (χ0v) is 17.6. The normalized spacial score (nSPS) is 17.5. The minimum Gasteiger partial charge on any atom is -0.155 e. The largest absolute Gasteiger partial charge is 0.155 e. The molecular formula is C22H28ClN3. The Labute approximate surface area is 162 Å². The highest BCUT2D eigenvalue weighted by atomic mass is 35.5. The summed E-state index contributed by atoms with van der Waals surface area (Å²) in [7, 11) is 0. The molecule has 2 aliphatic rings. The fraction of sp³-hybridized carbons (Fsp3) is 0.455. The molecule has 0 fully saturated rings. The van der Waals surface area contributed by atoms with Crippen molar-refractivity contribution in [1.82, 2.24) is 0 Å². The highest BCUT2D eigenvalue weighted by Crippen LogP contribution is 2.38. The van der Waals surface area contributed by atoms with E-state index >= 15 is 0 Å². The second-order valence-corrected chi connectivity index (χ2v) is 9.62. The number of benzene rings is 1. The summed E-state index contributed by atoms with van der Waals surface area (Å²) in [6, 6.07) is 4.57. The van der Waals surface area contributed by atoms with E-state index in [1.54, 1.807) is 5.12 Å². The van der Waals surface area contributed by atoms with E-state index in [1.165, 1.54) is 16.7 Å². The van der Waals surface area contributed by atoms with E-state index < -0.39 is 0 Å². The maximum Gasteiger partial charge on any atom is 0.0891 e. The Hall–Kier alpha value is -1.87. The van der Waals surface area contributed by atoms with Crippen LogP contribution in [0.5, 0.6) is 0 Å². The van der Waals surface area contributed by atoms with Crippen molar-refractivity contribution in [3.05, 3.63) is 52.1 Å². The molecule has 0 saturated carbocycles. The molecule has 0 radical (unpaired) electrons. The maximum absolute atomic E-state index is 6.20. The van der Waals surface area contributed by atoms with Gasteiger partial charge in [-0.1, -0.05) is 59.2 Å². The molecule has 0 spiro atoms. The molecule has 26 heavy (non-hydrogen) atoms. The van der Waals surface area contributed by atoms with Crippen LogP contribution in [-0.4, -0.2) is 11.4 Å². The molecule has 1 aliphatic carbocycles. The lowest BCUT2D eigenvalue weighted by Crippen LogP contribution is -2.24. The molecule has 3 nitrogen and oxygen atoms in total. The van der Waals surface area contributed by atoms with Crippen molar-refractivity contribution < 1.29 is 0 Å².